The third-order valence-corrected chi connectivity index (χ3v) is 6.53. The van der Waals surface area contributed by atoms with E-state index in [1.165, 1.54) is 4.88 Å². The average molecular weight is 467 g/mol. The van der Waals surface area contributed by atoms with Crippen LogP contribution in [-0.4, -0.2) is 31.2 Å². The van der Waals surface area contributed by atoms with Crippen molar-refractivity contribution in [2.24, 2.45) is 0 Å². The van der Waals surface area contributed by atoms with Gasteiger partial charge in [0.25, 0.3) is 0 Å². The molecule has 5 rings (SSSR count). The quantitative estimate of drug-likeness (QED) is 0.233. The van der Waals surface area contributed by atoms with Gasteiger partial charge in [0.05, 0.1) is 34.8 Å². The fourth-order valence-electron chi connectivity index (χ4n) is 4.05. The maximum absolute atomic E-state index is 4.68. The largest absolute Gasteiger partial charge is 0.383 e. The second-order valence-electron chi connectivity index (χ2n) is 8.34. The summed E-state index contributed by atoms with van der Waals surface area (Å²) in [5.41, 5.74) is 7.63. The molecule has 7 heteroatoms. The van der Waals surface area contributed by atoms with Crippen LogP contribution in [0.4, 0.5) is 0 Å². The normalized spacial score (nSPS) is 12.7. The van der Waals surface area contributed by atoms with E-state index in [0.29, 0.717) is 6.04 Å². The lowest BCUT2D eigenvalue weighted by Gasteiger charge is -2.12. The molecular weight excluding hydrogens is 440 g/mol. The summed E-state index contributed by atoms with van der Waals surface area (Å²) < 4.78 is 0. The van der Waals surface area contributed by atoms with Gasteiger partial charge in [-0.15, -0.1) is 11.3 Å². The summed E-state index contributed by atoms with van der Waals surface area (Å²) in [7, 11) is 0. The van der Waals surface area contributed by atoms with Crippen LogP contribution in [0.3, 0.4) is 0 Å². The number of aromatic nitrogens is 5. The van der Waals surface area contributed by atoms with Crippen molar-refractivity contribution >= 4 is 38.7 Å². The minimum atomic E-state index is 0.314. The van der Waals surface area contributed by atoms with Crippen molar-refractivity contribution in [1.82, 2.24) is 30.5 Å². The van der Waals surface area contributed by atoms with Crippen LogP contribution < -0.4 is 5.32 Å². The SMILES string of the molecule is C=C/C(=C\C(=C/C)c1cc2c(-c3cc4c(-c5cccs5)cncc4[nH]3)n[nH]c2cn1)NC(C)C. The number of fused-ring (bicyclic) bond motifs is 2. The summed E-state index contributed by atoms with van der Waals surface area (Å²) in [5, 5.41) is 15.4. The predicted octanol–water partition coefficient (Wildman–Crippen LogP) is 6.70. The van der Waals surface area contributed by atoms with Crippen molar-refractivity contribution in [3.63, 3.8) is 0 Å². The molecule has 34 heavy (non-hydrogen) atoms. The van der Waals surface area contributed by atoms with E-state index in [-0.39, 0.29) is 0 Å². The fourth-order valence-corrected chi connectivity index (χ4v) is 4.80. The molecule has 0 radical (unpaired) electrons. The molecule has 170 valence electrons. The van der Waals surface area contributed by atoms with Crippen molar-refractivity contribution in [2.75, 3.05) is 0 Å². The van der Waals surface area contributed by atoms with Crippen LogP contribution >= 0.6 is 11.3 Å². The molecule has 3 N–H and O–H groups in total. The summed E-state index contributed by atoms with van der Waals surface area (Å²) in [4.78, 5) is 13.8. The van der Waals surface area contributed by atoms with Crippen molar-refractivity contribution < 1.29 is 0 Å². The van der Waals surface area contributed by atoms with Gasteiger partial charge in [-0.3, -0.25) is 15.1 Å². The Morgan fingerprint density at radius 1 is 1.15 bits per heavy atom. The smallest absolute Gasteiger partial charge is 0.116 e. The summed E-state index contributed by atoms with van der Waals surface area (Å²) in [6.45, 7) is 10.2. The molecule has 0 aliphatic carbocycles. The molecule has 0 atom stereocenters. The molecule has 5 aromatic heterocycles. The van der Waals surface area contributed by atoms with Gasteiger partial charge in [0.15, 0.2) is 0 Å². The van der Waals surface area contributed by atoms with E-state index in [9.17, 15) is 0 Å². The molecule has 0 amide bonds. The summed E-state index contributed by atoms with van der Waals surface area (Å²) in [5.74, 6) is 0. The van der Waals surface area contributed by atoms with Crippen molar-refractivity contribution in [1.29, 1.82) is 0 Å². The summed E-state index contributed by atoms with van der Waals surface area (Å²) in [6, 6.07) is 8.73. The Morgan fingerprint density at radius 3 is 2.76 bits per heavy atom. The molecule has 0 unspecified atom stereocenters. The lowest BCUT2D eigenvalue weighted by atomic mass is 10.1. The first-order chi connectivity index (χ1) is 16.6. The summed E-state index contributed by atoms with van der Waals surface area (Å²) in [6.07, 6.45) is 11.6. The van der Waals surface area contributed by atoms with Gasteiger partial charge in [0, 0.05) is 39.1 Å². The van der Waals surface area contributed by atoms with Crippen LogP contribution in [0.15, 0.2) is 78.7 Å². The zero-order valence-corrected chi connectivity index (χ0v) is 20.2. The highest BCUT2D eigenvalue weighted by molar-refractivity contribution is 7.13. The number of hydrogen-bond acceptors (Lipinski definition) is 5. The van der Waals surface area contributed by atoms with Gasteiger partial charge in [0.2, 0.25) is 0 Å². The third kappa shape index (κ3) is 4.06. The minimum Gasteiger partial charge on any atom is -0.383 e. The molecule has 6 nitrogen and oxygen atoms in total. The van der Waals surface area contributed by atoms with Gasteiger partial charge in [-0.2, -0.15) is 5.10 Å². The minimum absolute atomic E-state index is 0.314. The van der Waals surface area contributed by atoms with Crippen LogP contribution in [0.2, 0.25) is 0 Å². The molecule has 0 aliphatic heterocycles. The van der Waals surface area contributed by atoms with Crippen LogP contribution in [0.1, 0.15) is 26.5 Å². The molecule has 0 aliphatic rings. The van der Waals surface area contributed by atoms with Crippen molar-refractivity contribution in [3.05, 3.63) is 84.4 Å². The number of aromatic amines is 2. The van der Waals surface area contributed by atoms with Gasteiger partial charge in [-0.25, -0.2) is 0 Å². The van der Waals surface area contributed by atoms with E-state index in [2.05, 4.69) is 92.7 Å². The number of H-pyrrole nitrogens is 2. The van der Waals surface area contributed by atoms with E-state index in [1.54, 1.807) is 11.3 Å². The van der Waals surface area contributed by atoms with Gasteiger partial charge in [-0.05, 0) is 62.1 Å². The maximum atomic E-state index is 4.68. The van der Waals surface area contributed by atoms with Gasteiger partial charge >= 0.3 is 0 Å². The second-order valence-corrected chi connectivity index (χ2v) is 9.29. The Labute approximate surface area is 202 Å². The number of nitrogens with one attached hydrogen (secondary N) is 3. The highest BCUT2D eigenvalue weighted by atomic mass is 32.1. The molecular formula is C27H26N6S. The molecule has 5 aromatic rings. The van der Waals surface area contributed by atoms with Gasteiger partial charge in [0.1, 0.15) is 5.69 Å². The van der Waals surface area contributed by atoms with Crippen LogP contribution in [0, 0.1) is 0 Å². The highest BCUT2D eigenvalue weighted by Gasteiger charge is 2.15. The van der Waals surface area contributed by atoms with Crippen LogP contribution in [-0.2, 0) is 0 Å². The molecule has 0 spiro atoms. The molecule has 5 heterocycles. The average Bonchev–Trinajstić information content (AvgIpc) is 3.59. The van der Waals surface area contributed by atoms with E-state index < -0.39 is 0 Å². The second kappa shape index (κ2) is 9.11. The molecule has 0 saturated heterocycles. The maximum Gasteiger partial charge on any atom is 0.116 e. The fraction of sp³-hybridized carbons (Fsp3) is 0.148. The molecule has 0 bridgehead atoms. The number of thiophene rings is 1. The monoisotopic (exact) mass is 466 g/mol. The lowest BCUT2D eigenvalue weighted by molar-refractivity contribution is 0.682. The number of allylic oxidation sites excluding steroid dienone is 4. The predicted molar refractivity (Wildman–Crippen MR) is 142 cm³/mol. The first-order valence-corrected chi connectivity index (χ1v) is 12.1. The Kier molecular flexibility index (Phi) is 5.86. The number of nitrogens with zero attached hydrogens (tertiary/aromatic N) is 3. The first kappa shape index (κ1) is 21.9. The standard InChI is InChI=1S/C27H26N6S/c1-5-17(10-18(6-2)30-16(3)4)22-12-20-25(15-29-22)32-33-27(20)23-11-19-21(26-8-7-9-34-26)13-28-14-24(19)31-23/h5-16,30-31H,2H2,1,3-4H3,(H,32,33)/b17-5+,18-10+. The number of rotatable bonds is 7. The molecule has 0 saturated carbocycles. The van der Waals surface area contributed by atoms with E-state index >= 15 is 0 Å². The third-order valence-electron chi connectivity index (χ3n) is 5.63. The van der Waals surface area contributed by atoms with Gasteiger partial charge < -0.3 is 10.3 Å². The first-order valence-electron chi connectivity index (χ1n) is 11.2. The van der Waals surface area contributed by atoms with Crippen molar-refractivity contribution in [2.45, 2.75) is 26.8 Å². The van der Waals surface area contributed by atoms with Crippen molar-refractivity contribution in [3.8, 4) is 21.8 Å². The van der Waals surface area contributed by atoms with Gasteiger partial charge in [-0.1, -0.05) is 18.7 Å². The number of pyridine rings is 2. The zero-order valence-electron chi connectivity index (χ0n) is 19.4. The highest BCUT2D eigenvalue weighted by Crippen LogP contribution is 2.35. The van der Waals surface area contributed by atoms with Crippen LogP contribution in [0.25, 0.3) is 49.2 Å². The van der Waals surface area contributed by atoms with E-state index in [4.69, 9.17) is 0 Å². The Bertz CT molecular complexity index is 1530. The lowest BCUT2D eigenvalue weighted by Crippen LogP contribution is -2.20. The van der Waals surface area contributed by atoms with Crippen LogP contribution in [0.5, 0.6) is 0 Å². The Hall–Kier alpha value is -3.97. The topological polar surface area (TPSA) is 82.3 Å². The Balaban J connectivity index is 1.59. The molecule has 0 fully saturated rings. The van der Waals surface area contributed by atoms with E-state index in [1.807, 2.05) is 31.6 Å². The molecule has 0 aromatic carbocycles. The number of hydrogen-bond donors (Lipinski definition) is 3. The Morgan fingerprint density at radius 2 is 2.03 bits per heavy atom. The van der Waals surface area contributed by atoms with E-state index in [0.717, 1.165) is 55.7 Å². The zero-order chi connectivity index (χ0) is 23.7. The summed E-state index contributed by atoms with van der Waals surface area (Å²) >= 11 is 1.71.